The van der Waals surface area contributed by atoms with Crippen LogP contribution in [0.5, 0.6) is 0 Å². The highest BCUT2D eigenvalue weighted by Crippen LogP contribution is 2.24. The SMILES string of the molecule is C#Cc1ccc(C(C(=O)NC2CCCCC2)N(C)C(=O)C(CS)NC(=O)OC(C)(C)C)cc1. The van der Waals surface area contributed by atoms with Crippen molar-refractivity contribution in [3.05, 3.63) is 35.4 Å². The third kappa shape index (κ3) is 8.01. The minimum atomic E-state index is -0.955. The molecule has 3 amide bonds. The lowest BCUT2D eigenvalue weighted by molar-refractivity contribution is -0.140. The van der Waals surface area contributed by atoms with Gasteiger partial charge in [0, 0.05) is 24.4 Å². The van der Waals surface area contributed by atoms with Crippen molar-refractivity contribution in [2.45, 2.75) is 76.6 Å². The van der Waals surface area contributed by atoms with E-state index in [1.165, 1.54) is 11.3 Å². The van der Waals surface area contributed by atoms with Crippen molar-refractivity contribution < 1.29 is 19.1 Å². The first-order valence-corrected chi connectivity index (χ1v) is 11.9. The Kier molecular flexibility index (Phi) is 9.66. The van der Waals surface area contributed by atoms with Crippen LogP contribution < -0.4 is 10.6 Å². The summed E-state index contributed by atoms with van der Waals surface area (Å²) in [6, 6.07) is 5.23. The standard InChI is InChI=1S/C25H35N3O4S/c1-6-17-12-14-18(15-13-17)21(22(29)26-19-10-8-7-9-11-19)28(5)23(30)20(16-33)27-24(31)32-25(2,3)4/h1,12-15,19-21,33H,7-11,16H2,2-5H3,(H,26,29)(H,27,31). The molecule has 0 heterocycles. The molecule has 0 bridgehead atoms. The van der Waals surface area contributed by atoms with E-state index in [0.29, 0.717) is 11.1 Å². The largest absolute Gasteiger partial charge is 0.444 e. The normalized spacial score (nSPS) is 16.1. The number of benzene rings is 1. The van der Waals surface area contributed by atoms with Gasteiger partial charge in [-0.05, 0) is 51.3 Å². The van der Waals surface area contributed by atoms with Gasteiger partial charge in [-0.2, -0.15) is 12.6 Å². The van der Waals surface area contributed by atoms with Crippen molar-refractivity contribution in [3.63, 3.8) is 0 Å². The van der Waals surface area contributed by atoms with Gasteiger partial charge >= 0.3 is 6.09 Å². The maximum atomic E-state index is 13.4. The Morgan fingerprint density at radius 1 is 1.18 bits per heavy atom. The Labute approximate surface area is 202 Å². The van der Waals surface area contributed by atoms with Crippen molar-refractivity contribution in [2.75, 3.05) is 12.8 Å². The molecule has 33 heavy (non-hydrogen) atoms. The Morgan fingerprint density at radius 2 is 1.79 bits per heavy atom. The van der Waals surface area contributed by atoms with Gasteiger partial charge in [0.25, 0.3) is 0 Å². The predicted molar refractivity (Wildman–Crippen MR) is 132 cm³/mol. The minimum absolute atomic E-state index is 0.0510. The van der Waals surface area contributed by atoms with Crippen molar-refractivity contribution in [3.8, 4) is 12.3 Å². The highest BCUT2D eigenvalue weighted by Gasteiger charge is 2.34. The number of hydrogen-bond acceptors (Lipinski definition) is 5. The lowest BCUT2D eigenvalue weighted by Crippen LogP contribution is -2.53. The number of rotatable bonds is 7. The second kappa shape index (κ2) is 12.0. The Hall–Kier alpha value is -2.66. The van der Waals surface area contributed by atoms with E-state index >= 15 is 0 Å². The van der Waals surface area contributed by atoms with E-state index in [4.69, 9.17) is 11.2 Å². The molecular weight excluding hydrogens is 438 g/mol. The summed E-state index contributed by atoms with van der Waals surface area (Å²) in [6.45, 7) is 5.21. The zero-order chi connectivity index (χ0) is 24.6. The summed E-state index contributed by atoms with van der Waals surface area (Å²) in [5.74, 6) is 1.90. The molecular formula is C25H35N3O4S. The van der Waals surface area contributed by atoms with Crippen LogP contribution in [0, 0.1) is 12.3 Å². The van der Waals surface area contributed by atoms with Gasteiger partial charge in [0.2, 0.25) is 11.8 Å². The number of nitrogens with one attached hydrogen (secondary N) is 2. The molecule has 0 saturated heterocycles. The van der Waals surface area contributed by atoms with E-state index in [1.807, 2.05) is 0 Å². The second-order valence-electron chi connectivity index (χ2n) is 9.34. The summed E-state index contributed by atoms with van der Waals surface area (Å²) in [6.07, 6.45) is 9.90. The molecule has 2 rings (SSSR count). The molecule has 2 atom stereocenters. The smallest absolute Gasteiger partial charge is 0.408 e. The van der Waals surface area contributed by atoms with Gasteiger partial charge in [0.1, 0.15) is 17.7 Å². The number of carbonyl (C=O) groups is 3. The summed E-state index contributed by atoms with van der Waals surface area (Å²) in [5.41, 5.74) is 0.605. The van der Waals surface area contributed by atoms with Gasteiger partial charge in [-0.25, -0.2) is 4.79 Å². The number of ether oxygens (including phenoxy) is 1. The van der Waals surface area contributed by atoms with E-state index in [1.54, 1.807) is 52.1 Å². The molecule has 1 aliphatic rings. The van der Waals surface area contributed by atoms with Crippen LogP contribution in [0.1, 0.15) is 70.0 Å². The lowest BCUT2D eigenvalue weighted by Gasteiger charge is -2.33. The first-order chi connectivity index (χ1) is 15.6. The fourth-order valence-corrected chi connectivity index (χ4v) is 4.10. The van der Waals surface area contributed by atoms with Crippen LogP contribution in [0.3, 0.4) is 0 Å². The van der Waals surface area contributed by atoms with Crippen LogP contribution in [-0.4, -0.2) is 53.3 Å². The van der Waals surface area contributed by atoms with Crippen LogP contribution in [0.2, 0.25) is 0 Å². The number of carbonyl (C=O) groups excluding carboxylic acids is 3. The quantitative estimate of drug-likeness (QED) is 0.418. The van der Waals surface area contributed by atoms with Crippen molar-refractivity contribution >= 4 is 30.5 Å². The summed E-state index contributed by atoms with van der Waals surface area (Å²) in [5, 5.41) is 5.67. The highest BCUT2D eigenvalue weighted by atomic mass is 32.1. The molecule has 1 saturated carbocycles. The van der Waals surface area contributed by atoms with Crippen LogP contribution >= 0.6 is 12.6 Å². The molecule has 0 radical (unpaired) electrons. The molecule has 1 fully saturated rings. The Morgan fingerprint density at radius 3 is 2.30 bits per heavy atom. The van der Waals surface area contributed by atoms with E-state index < -0.39 is 29.7 Å². The van der Waals surface area contributed by atoms with Gasteiger partial charge in [-0.3, -0.25) is 9.59 Å². The molecule has 180 valence electrons. The number of hydrogen-bond donors (Lipinski definition) is 3. The number of likely N-dealkylation sites (N-methyl/N-ethyl adjacent to an activating group) is 1. The van der Waals surface area contributed by atoms with E-state index in [2.05, 4.69) is 29.2 Å². The molecule has 1 aliphatic carbocycles. The van der Waals surface area contributed by atoms with Gasteiger partial charge in [0.15, 0.2) is 0 Å². The molecule has 2 unspecified atom stereocenters. The van der Waals surface area contributed by atoms with Crippen LogP contribution in [0.4, 0.5) is 4.79 Å². The van der Waals surface area contributed by atoms with E-state index in [9.17, 15) is 14.4 Å². The first-order valence-electron chi connectivity index (χ1n) is 11.3. The summed E-state index contributed by atoms with van der Waals surface area (Å²) < 4.78 is 5.27. The zero-order valence-corrected chi connectivity index (χ0v) is 20.8. The monoisotopic (exact) mass is 473 g/mol. The lowest BCUT2D eigenvalue weighted by atomic mass is 9.94. The third-order valence-electron chi connectivity index (χ3n) is 5.50. The average Bonchev–Trinajstić information content (AvgIpc) is 2.77. The predicted octanol–water partition coefficient (Wildman–Crippen LogP) is 3.44. The number of alkyl carbamates (subject to hydrolysis) is 1. The first kappa shape index (κ1) is 26.6. The van der Waals surface area contributed by atoms with Gasteiger partial charge in [0.05, 0.1) is 0 Å². The van der Waals surface area contributed by atoms with Crippen LogP contribution in [0.25, 0.3) is 0 Å². The topological polar surface area (TPSA) is 87.7 Å². The molecule has 0 aromatic heterocycles. The van der Waals surface area contributed by atoms with Gasteiger partial charge in [-0.15, -0.1) is 6.42 Å². The molecule has 2 N–H and O–H groups in total. The summed E-state index contributed by atoms with van der Waals surface area (Å²) in [4.78, 5) is 40.2. The zero-order valence-electron chi connectivity index (χ0n) is 19.9. The number of terminal acetylenes is 1. The van der Waals surface area contributed by atoms with E-state index in [-0.39, 0.29) is 17.7 Å². The Bertz CT molecular complexity index is 867. The van der Waals surface area contributed by atoms with Crippen molar-refractivity contribution in [1.82, 2.24) is 15.5 Å². The summed E-state index contributed by atoms with van der Waals surface area (Å²) in [7, 11) is 1.55. The second-order valence-corrected chi connectivity index (χ2v) is 9.71. The average molecular weight is 474 g/mol. The summed E-state index contributed by atoms with van der Waals surface area (Å²) >= 11 is 4.23. The fraction of sp³-hybridized carbons (Fsp3) is 0.560. The number of amides is 3. The molecule has 1 aromatic carbocycles. The molecule has 7 nitrogen and oxygen atoms in total. The van der Waals surface area contributed by atoms with Crippen LogP contribution in [-0.2, 0) is 14.3 Å². The van der Waals surface area contributed by atoms with Gasteiger partial charge in [-0.1, -0.05) is 37.3 Å². The minimum Gasteiger partial charge on any atom is -0.444 e. The number of thiol groups is 1. The van der Waals surface area contributed by atoms with Crippen LogP contribution in [0.15, 0.2) is 24.3 Å². The van der Waals surface area contributed by atoms with Crippen molar-refractivity contribution in [1.29, 1.82) is 0 Å². The maximum Gasteiger partial charge on any atom is 0.408 e. The highest BCUT2D eigenvalue weighted by molar-refractivity contribution is 7.80. The van der Waals surface area contributed by atoms with Gasteiger partial charge < -0.3 is 20.3 Å². The maximum absolute atomic E-state index is 13.4. The molecule has 0 aliphatic heterocycles. The van der Waals surface area contributed by atoms with Crippen molar-refractivity contribution in [2.24, 2.45) is 0 Å². The molecule has 1 aromatic rings. The molecule has 8 heteroatoms. The third-order valence-corrected chi connectivity index (χ3v) is 5.86. The Balaban J connectivity index is 2.25. The van der Waals surface area contributed by atoms with E-state index in [0.717, 1.165) is 25.7 Å². The molecule has 0 spiro atoms. The number of nitrogens with zero attached hydrogens (tertiary/aromatic N) is 1. The fourth-order valence-electron chi connectivity index (χ4n) is 3.85.